The van der Waals surface area contributed by atoms with Crippen LogP contribution in [0, 0.1) is 10.1 Å². The summed E-state index contributed by atoms with van der Waals surface area (Å²) in [6, 6.07) is 7.99. The van der Waals surface area contributed by atoms with Crippen molar-refractivity contribution in [2.45, 2.75) is 58.7 Å². The van der Waals surface area contributed by atoms with Crippen LogP contribution in [0.2, 0.25) is 0 Å². The lowest BCUT2D eigenvalue weighted by molar-refractivity contribution is -0.383. The van der Waals surface area contributed by atoms with Gasteiger partial charge in [-0.15, -0.1) is 0 Å². The van der Waals surface area contributed by atoms with Crippen molar-refractivity contribution in [2.24, 2.45) is 0 Å². The van der Waals surface area contributed by atoms with E-state index in [1.807, 2.05) is 26.0 Å². The maximum atomic E-state index is 11.8. The van der Waals surface area contributed by atoms with Gasteiger partial charge >= 0.3 is 11.7 Å². The van der Waals surface area contributed by atoms with Crippen molar-refractivity contribution in [3.63, 3.8) is 0 Å². The second-order valence-corrected chi connectivity index (χ2v) is 8.39. The molecule has 0 radical (unpaired) electrons. The van der Waals surface area contributed by atoms with Crippen molar-refractivity contribution >= 4 is 23.6 Å². The van der Waals surface area contributed by atoms with Crippen LogP contribution >= 0.6 is 0 Å². The minimum atomic E-state index is -0.620. The summed E-state index contributed by atoms with van der Waals surface area (Å²) in [5.74, 6) is -0.314. The van der Waals surface area contributed by atoms with E-state index in [2.05, 4.69) is 27.0 Å². The number of nitrogens with two attached hydrogens (primary N) is 1. The molecule has 0 saturated carbocycles. The van der Waals surface area contributed by atoms with Gasteiger partial charge in [0.1, 0.15) is 6.29 Å². The highest BCUT2D eigenvalue weighted by atomic mass is 16.6. The van der Waals surface area contributed by atoms with Gasteiger partial charge in [0.15, 0.2) is 0 Å². The Morgan fingerprint density at radius 2 is 2.03 bits per heavy atom. The molecule has 0 spiro atoms. The lowest BCUT2D eigenvalue weighted by Crippen LogP contribution is -2.28. The third kappa shape index (κ3) is 6.61. The van der Waals surface area contributed by atoms with E-state index in [-0.39, 0.29) is 36.8 Å². The Labute approximate surface area is 193 Å². The van der Waals surface area contributed by atoms with Crippen LogP contribution in [0.25, 0.3) is 0 Å². The van der Waals surface area contributed by atoms with Crippen molar-refractivity contribution in [1.82, 2.24) is 14.9 Å². The van der Waals surface area contributed by atoms with Crippen LogP contribution in [0.5, 0.6) is 6.01 Å². The zero-order chi connectivity index (χ0) is 23.8. The summed E-state index contributed by atoms with van der Waals surface area (Å²) in [7, 11) is 0. The zero-order valence-electron chi connectivity index (χ0n) is 19.3. The van der Waals surface area contributed by atoms with Crippen LogP contribution in [-0.4, -0.2) is 51.8 Å². The normalized spacial score (nSPS) is 14.7. The maximum absolute atomic E-state index is 11.8. The van der Waals surface area contributed by atoms with Gasteiger partial charge in [0.25, 0.3) is 0 Å². The summed E-state index contributed by atoms with van der Waals surface area (Å²) < 4.78 is 5.74. The molecule has 10 nitrogen and oxygen atoms in total. The highest BCUT2D eigenvalue weighted by molar-refractivity contribution is 5.72. The van der Waals surface area contributed by atoms with E-state index in [9.17, 15) is 14.9 Å². The number of nitrogens with zero attached hydrogens (tertiary/aromatic N) is 5. The van der Waals surface area contributed by atoms with Crippen LogP contribution in [0.15, 0.2) is 24.3 Å². The molecule has 1 aliphatic rings. The predicted molar refractivity (Wildman–Crippen MR) is 126 cm³/mol. The Kier molecular flexibility index (Phi) is 8.53. The fourth-order valence-corrected chi connectivity index (χ4v) is 4.09. The second kappa shape index (κ2) is 11.6. The molecule has 2 N–H and O–H groups in total. The molecule has 178 valence electrons. The third-order valence-electron chi connectivity index (χ3n) is 5.62. The largest absolute Gasteiger partial charge is 0.460 e. The summed E-state index contributed by atoms with van der Waals surface area (Å²) in [5, 5.41) is 11.8. The molecule has 0 aliphatic carbocycles. The van der Waals surface area contributed by atoms with E-state index in [0.29, 0.717) is 6.29 Å². The lowest BCUT2D eigenvalue weighted by atomic mass is 10.1. The minimum absolute atomic E-state index is 0.0248. The number of anilines is 2. The van der Waals surface area contributed by atoms with Gasteiger partial charge in [0.2, 0.25) is 11.6 Å². The Morgan fingerprint density at radius 3 is 2.70 bits per heavy atom. The van der Waals surface area contributed by atoms with E-state index in [0.717, 1.165) is 43.6 Å². The first-order valence-corrected chi connectivity index (χ1v) is 11.4. The lowest BCUT2D eigenvalue weighted by Gasteiger charge is -2.23. The van der Waals surface area contributed by atoms with Gasteiger partial charge in [0.05, 0.1) is 17.6 Å². The van der Waals surface area contributed by atoms with Gasteiger partial charge in [-0.05, 0) is 50.4 Å². The van der Waals surface area contributed by atoms with E-state index < -0.39 is 10.6 Å². The number of hydrogen-bond acceptors (Lipinski definition) is 9. The van der Waals surface area contributed by atoms with Crippen molar-refractivity contribution in [2.75, 3.05) is 30.3 Å². The Hall–Kier alpha value is -3.27. The number of hydrogen-bond donors (Lipinski definition) is 1. The first-order valence-electron chi connectivity index (χ1n) is 11.4. The van der Waals surface area contributed by atoms with Crippen molar-refractivity contribution in [3.05, 3.63) is 45.5 Å². The SMILES string of the molecule is CCCC(C)Oc1nc(N)c([N+](=O)[O-])c(N(CC=O)Cc2cccc(CN3CCCC3)c2)n1. The fourth-order valence-electron chi connectivity index (χ4n) is 4.09. The second-order valence-electron chi connectivity index (χ2n) is 8.39. The molecule has 3 rings (SSSR count). The van der Waals surface area contributed by atoms with Gasteiger partial charge in [-0.2, -0.15) is 9.97 Å². The number of benzene rings is 1. The number of nitrogen functional groups attached to an aromatic ring is 1. The number of likely N-dealkylation sites (tertiary alicyclic amines) is 1. The predicted octanol–water partition coefficient (Wildman–Crippen LogP) is 3.34. The standard InChI is InChI=1S/C23H32N6O4/c1-3-7-17(2)33-23-25-21(24)20(29(31)32)22(26-23)28(12-13-30)16-19-9-6-8-18(14-19)15-27-10-4-5-11-27/h6,8-9,13-14,17H,3-5,7,10-12,15-16H2,1-2H3,(H2,24,25,26). The molecular formula is C23H32N6O4. The molecule has 1 atom stereocenters. The molecule has 2 heterocycles. The van der Waals surface area contributed by atoms with Crippen LogP contribution in [0.4, 0.5) is 17.3 Å². The van der Waals surface area contributed by atoms with E-state index in [1.165, 1.54) is 17.7 Å². The number of carbonyl (C=O) groups excluding carboxylic acids is 1. The van der Waals surface area contributed by atoms with Crippen molar-refractivity contribution < 1.29 is 14.5 Å². The minimum Gasteiger partial charge on any atom is -0.460 e. The Balaban J connectivity index is 1.90. The van der Waals surface area contributed by atoms with Gasteiger partial charge in [-0.3, -0.25) is 15.0 Å². The van der Waals surface area contributed by atoms with E-state index in [4.69, 9.17) is 10.5 Å². The number of carbonyl (C=O) groups is 1. The molecule has 1 aromatic carbocycles. The third-order valence-corrected chi connectivity index (χ3v) is 5.62. The number of nitro groups is 1. The molecule has 1 aromatic heterocycles. The van der Waals surface area contributed by atoms with Crippen molar-refractivity contribution in [1.29, 1.82) is 0 Å². The highest BCUT2D eigenvalue weighted by Gasteiger charge is 2.28. The number of rotatable bonds is 12. The average Bonchev–Trinajstić information content (AvgIpc) is 3.26. The molecule has 33 heavy (non-hydrogen) atoms. The summed E-state index contributed by atoms with van der Waals surface area (Å²) in [5.41, 5.74) is 7.57. The quantitative estimate of drug-likeness (QED) is 0.290. The summed E-state index contributed by atoms with van der Waals surface area (Å²) in [6.07, 6.45) is 4.63. The first-order chi connectivity index (χ1) is 15.9. The van der Waals surface area contributed by atoms with Gasteiger partial charge in [0, 0.05) is 13.1 Å². The summed E-state index contributed by atoms with van der Waals surface area (Å²) in [4.78, 5) is 34.8. The van der Waals surface area contributed by atoms with Crippen LogP contribution in [-0.2, 0) is 17.9 Å². The number of ether oxygens (including phenoxy) is 1. The monoisotopic (exact) mass is 456 g/mol. The van der Waals surface area contributed by atoms with Crippen molar-refractivity contribution in [3.8, 4) is 6.01 Å². The highest BCUT2D eigenvalue weighted by Crippen LogP contribution is 2.33. The molecule has 10 heteroatoms. The smallest absolute Gasteiger partial charge is 0.353 e. The van der Waals surface area contributed by atoms with E-state index in [1.54, 1.807) is 0 Å². The Morgan fingerprint density at radius 1 is 1.30 bits per heavy atom. The molecule has 0 amide bonds. The van der Waals surface area contributed by atoms with Crippen LogP contribution in [0.1, 0.15) is 50.7 Å². The topological polar surface area (TPSA) is 128 Å². The fraction of sp³-hybridized carbons (Fsp3) is 0.522. The molecule has 1 aliphatic heterocycles. The molecule has 1 unspecified atom stereocenters. The maximum Gasteiger partial charge on any atom is 0.353 e. The zero-order valence-corrected chi connectivity index (χ0v) is 19.3. The molecule has 2 aromatic rings. The van der Waals surface area contributed by atoms with Crippen LogP contribution < -0.4 is 15.4 Å². The summed E-state index contributed by atoms with van der Waals surface area (Å²) in [6.45, 7) is 7.11. The first kappa shape index (κ1) is 24.4. The number of aldehydes is 1. The molecule has 1 saturated heterocycles. The van der Waals surface area contributed by atoms with Gasteiger partial charge in [-0.1, -0.05) is 37.6 Å². The number of aromatic nitrogens is 2. The van der Waals surface area contributed by atoms with Gasteiger partial charge < -0.3 is 20.2 Å². The molecular weight excluding hydrogens is 424 g/mol. The van der Waals surface area contributed by atoms with Crippen LogP contribution in [0.3, 0.4) is 0 Å². The molecule has 0 bridgehead atoms. The Bertz CT molecular complexity index is 964. The van der Waals surface area contributed by atoms with Gasteiger partial charge in [-0.25, -0.2) is 0 Å². The molecule has 1 fully saturated rings. The average molecular weight is 457 g/mol. The summed E-state index contributed by atoms with van der Waals surface area (Å²) >= 11 is 0. The van der Waals surface area contributed by atoms with E-state index >= 15 is 0 Å².